The van der Waals surface area contributed by atoms with Gasteiger partial charge in [0.25, 0.3) is 0 Å². The SMILES string of the molecule is CC(NC(C)(C)C)c1ccccc1C1c2ccccc2-c2ccccc21. The quantitative estimate of drug-likeness (QED) is 0.461. The lowest BCUT2D eigenvalue weighted by atomic mass is 9.84. The van der Waals surface area contributed by atoms with Crippen LogP contribution in [0.15, 0.2) is 72.8 Å². The van der Waals surface area contributed by atoms with Crippen LogP contribution in [0.3, 0.4) is 0 Å². The minimum Gasteiger partial charge on any atom is -0.306 e. The molecular formula is C25H27N. The fourth-order valence-corrected chi connectivity index (χ4v) is 4.39. The van der Waals surface area contributed by atoms with Crippen LogP contribution in [0.2, 0.25) is 0 Å². The molecule has 0 fully saturated rings. The first-order chi connectivity index (χ1) is 12.5. The van der Waals surface area contributed by atoms with Crippen molar-refractivity contribution in [2.24, 2.45) is 0 Å². The predicted octanol–water partition coefficient (Wildman–Crippen LogP) is 6.30. The Morgan fingerprint density at radius 1 is 0.692 bits per heavy atom. The first kappa shape index (κ1) is 17.1. The van der Waals surface area contributed by atoms with Gasteiger partial charge in [0.1, 0.15) is 0 Å². The monoisotopic (exact) mass is 341 g/mol. The lowest BCUT2D eigenvalue weighted by Gasteiger charge is -2.29. The van der Waals surface area contributed by atoms with Crippen LogP contribution in [-0.4, -0.2) is 5.54 Å². The zero-order valence-electron chi connectivity index (χ0n) is 16.1. The van der Waals surface area contributed by atoms with Crippen LogP contribution in [0.5, 0.6) is 0 Å². The van der Waals surface area contributed by atoms with E-state index in [-0.39, 0.29) is 5.54 Å². The average molecular weight is 341 g/mol. The van der Waals surface area contributed by atoms with Crippen molar-refractivity contribution in [1.29, 1.82) is 0 Å². The van der Waals surface area contributed by atoms with Crippen molar-refractivity contribution in [3.63, 3.8) is 0 Å². The Morgan fingerprint density at radius 2 is 1.15 bits per heavy atom. The fraction of sp³-hybridized carbons (Fsp3) is 0.280. The minimum absolute atomic E-state index is 0.0814. The number of nitrogens with one attached hydrogen (secondary N) is 1. The average Bonchev–Trinajstić information content (AvgIpc) is 2.95. The zero-order valence-corrected chi connectivity index (χ0v) is 16.1. The number of hydrogen-bond acceptors (Lipinski definition) is 1. The Bertz CT molecular complexity index is 887. The second kappa shape index (κ2) is 6.41. The minimum atomic E-state index is 0.0814. The van der Waals surface area contributed by atoms with E-state index in [0.717, 1.165) is 0 Å². The summed E-state index contributed by atoms with van der Waals surface area (Å²) in [5.41, 5.74) is 8.47. The highest BCUT2D eigenvalue weighted by molar-refractivity contribution is 5.80. The Labute approximate surface area is 157 Å². The smallest absolute Gasteiger partial charge is 0.0355 e. The van der Waals surface area contributed by atoms with E-state index in [9.17, 15) is 0 Å². The molecule has 1 atom stereocenters. The van der Waals surface area contributed by atoms with Crippen molar-refractivity contribution >= 4 is 0 Å². The Kier molecular flexibility index (Phi) is 4.20. The highest BCUT2D eigenvalue weighted by Gasteiger charge is 2.31. The molecule has 1 aliphatic carbocycles. The van der Waals surface area contributed by atoms with Gasteiger partial charge in [-0.3, -0.25) is 0 Å². The van der Waals surface area contributed by atoms with Crippen molar-refractivity contribution in [2.75, 3.05) is 0 Å². The van der Waals surface area contributed by atoms with E-state index in [2.05, 4.69) is 106 Å². The first-order valence-electron chi connectivity index (χ1n) is 9.50. The van der Waals surface area contributed by atoms with Crippen molar-refractivity contribution in [2.45, 2.75) is 45.2 Å². The van der Waals surface area contributed by atoms with E-state index in [1.807, 2.05) is 0 Å². The third-order valence-electron chi connectivity index (χ3n) is 5.26. The van der Waals surface area contributed by atoms with Gasteiger partial charge in [-0.05, 0) is 61.1 Å². The molecule has 1 N–H and O–H groups in total. The normalized spacial score (nSPS) is 14.8. The summed E-state index contributed by atoms with van der Waals surface area (Å²) in [7, 11) is 0. The van der Waals surface area contributed by atoms with Crippen LogP contribution in [0.4, 0.5) is 0 Å². The third kappa shape index (κ3) is 2.97. The van der Waals surface area contributed by atoms with Gasteiger partial charge >= 0.3 is 0 Å². The van der Waals surface area contributed by atoms with Gasteiger partial charge in [-0.1, -0.05) is 72.8 Å². The number of fused-ring (bicyclic) bond motifs is 3. The molecule has 26 heavy (non-hydrogen) atoms. The van der Waals surface area contributed by atoms with Gasteiger partial charge in [0.15, 0.2) is 0 Å². The highest BCUT2D eigenvalue weighted by Crippen LogP contribution is 2.49. The van der Waals surface area contributed by atoms with Crippen LogP contribution in [0.25, 0.3) is 11.1 Å². The van der Waals surface area contributed by atoms with Crippen LogP contribution in [-0.2, 0) is 0 Å². The van der Waals surface area contributed by atoms with Gasteiger partial charge in [-0.25, -0.2) is 0 Å². The summed E-state index contributed by atoms with van der Waals surface area (Å²) in [6.07, 6.45) is 0. The number of benzene rings is 3. The molecule has 0 heterocycles. The number of hydrogen-bond donors (Lipinski definition) is 1. The molecule has 0 spiro atoms. The number of rotatable bonds is 3. The molecule has 0 radical (unpaired) electrons. The first-order valence-corrected chi connectivity index (χ1v) is 9.50. The molecule has 132 valence electrons. The molecule has 0 amide bonds. The van der Waals surface area contributed by atoms with Crippen molar-refractivity contribution in [1.82, 2.24) is 5.32 Å². The second-order valence-electron chi connectivity index (χ2n) is 8.35. The lowest BCUT2D eigenvalue weighted by Crippen LogP contribution is -2.38. The van der Waals surface area contributed by atoms with Crippen LogP contribution in [0, 0.1) is 0 Å². The maximum atomic E-state index is 3.75. The molecule has 3 aromatic carbocycles. The van der Waals surface area contributed by atoms with E-state index >= 15 is 0 Å². The molecule has 1 aliphatic rings. The zero-order chi connectivity index (χ0) is 18.3. The largest absolute Gasteiger partial charge is 0.306 e. The molecule has 3 aromatic rings. The summed E-state index contributed by atoms with van der Waals surface area (Å²) in [4.78, 5) is 0. The highest BCUT2D eigenvalue weighted by atomic mass is 15.0. The Hall–Kier alpha value is -2.38. The third-order valence-corrected chi connectivity index (χ3v) is 5.26. The van der Waals surface area contributed by atoms with E-state index < -0.39 is 0 Å². The van der Waals surface area contributed by atoms with E-state index in [4.69, 9.17) is 0 Å². The summed E-state index contributed by atoms with van der Waals surface area (Å²) in [5.74, 6) is 0.308. The molecule has 1 heteroatoms. The molecule has 1 unspecified atom stereocenters. The molecule has 1 nitrogen and oxygen atoms in total. The van der Waals surface area contributed by atoms with Gasteiger partial charge in [0.05, 0.1) is 0 Å². The van der Waals surface area contributed by atoms with E-state index in [1.165, 1.54) is 33.4 Å². The van der Waals surface area contributed by atoms with Crippen molar-refractivity contribution < 1.29 is 0 Å². The molecular weight excluding hydrogens is 314 g/mol. The van der Waals surface area contributed by atoms with Crippen LogP contribution in [0.1, 0.15) is 61.9 Å². The van der Waals surface area contributed by atoms with E-state index in [0.29, 0.717) is 12.0 Å². The molecule has 0 aromatic heterocycles. The van der Waals surface area contributed by atoms with Crippen molar-refractivity contribution in [3.8, 4) is 11.1 Å². The van der Waals surface area contributed by atoms with Gasteiger partial charge in [0.2, 0.25) is 0 Å². The fourth-order valence-electron chi connectivity index (χ4n) is 4.39. The second-order valence-corrected chi connectivity index (χ2v) is 8.35. The maximum absolute atomic E-state index is 3.75. The standard InChI is InChI=1S/C25H27N/c1-17(26-25(2,3)4)18-11-5-8-14-21(18)24-22-15-9-6-12-19(22)20-13-7-10-16-23(20)24/h5-17,24,26H,1-4H3. The summed E-state index contributed by atoms with van der Waals surface area (Å²) in [6, 6.07) is 26.9. The Morgan fingerprint density at radius 3 is 1.69 bits per heavy atom. The molecule has 0 aliphatic heterocycles. The summed E-state index contributed by atoms with van der Waals surface area (Å²) < 4.78 is 0. The van der Waals surface area contributed by atoms with Gasteiger partial charge < -0.3 is 5.32 Å². The lowest BCUT2D eigenvalue weighted by molar-refractivity contribution is 0.377. The van der Waals surface area contributed by atoms with Crippen LogP contribution < -0.4 is 5.32 Å². The predicted molar refractivity (Wildman–Crippen MR) is 111 cm³/mol. The van der Waals surface area contributed by atoms with Crippen molar-refractivity contribution in [3.05, 3.63) is 95.1 Å². The molecule has 0 saturated heterocycles. The summed E-state index contributed by atoms with van der Waals surface area (Å²) in [5, 5.41) is 3.75. The van der Waals surface area contributed by atoms with Crippen LogP contribution >= 0.6 is 0 Å². The summed E-state index contributed by atoms with van der Waals surface area (Å²) >= 11 is 0. The maximum Gasteiger partial charge on any atom is 0.0355 e. The molecule has 0 saturated carbocycles. The van der Waals surface area contributed by atoms with E-state index in [1.54, 1.807) is 0 Å². The van der Waals surface area contributed by atoms with Gasteiger partial charge in [-0.2, -0.15) is 0 Å². The topological polar surface area (TPSA) is 12.0 Å². The molecule has 4 rings (SSSR count). The Balaban J connectivity index is 1.87. The van der Waals surface area contributed by atoms with Gasteiger partial charge in [0, 0.05) is 17.5 Å². The van der Waals surface area contributed by atoms with Gasteiger partial charge in [-0.15, -0.1) is 0 Å². The summed E-state index contributed by atoms with van der Waals surface area (Å²) in [6.45, 7) is 8.96. The molecule has 0 bridgehead atoms.